The molecule has 1 aliphatic carbocycles. The number of carbonyl (C=O) groups is 3. The Balaban J connectivity index is 1.48. The molecular weight excluding hydrogens is 410 g/mol. The number of carbonyl (C=O) groups excluding carboxylic acids is 3. The molecule has 2 aromatic carbocycles. The van der Waals surface area contributed by atoms with Crippen molar-refractivity contribution >= 4 is 29.5 Å². The summed E-state index contributed by atoms with van der Waals surface area (Å²) in [6.07, 6.45) is 4.39. The summed E-state index contributed by atoms with van der Waals surface area (Å²) in [4.78, 5) is 36.2. The van der Waals surface area contributed by atoms with Gasteiger partial charge >= 0.3 is 12.6 Å². The lowest BCUT2D eigenvalue weighted by Crippen LogP contribution is -2.27. The predicted octanol–water partition coefficient (Wildman–Crippen LogP) is 3.38. The van der Waals surface area contributed by atoms with Crippen LogP contribution >= 0.6 is 0 Å². The van der Waals surface area contributed by atoms with Crippen molar-refractivity contribution in [2.45, 2.75) is 25.5 Å². The second-order valence-corrected chi connectivity index (χ2v) is 6.73. The Labute approximate surface area is 177 Å². The van der Waals surface area contributed by atoms with Crippen molar-refractivity contribution in [1.82, 2.24) is 5.32 Å². The molecule has 0 radical (unpaired) electrons. The molecule has 0 heterocycles. The molecule has 2 N–H and O–H groups in total. The normalized spacial score (nSPS) is 13.1. The average Bonchev–Trinajstić information content (AvgIpc) is 3.55. The predicted molar refractivity (Wildman–Crippen MR) is 109 cm³/mol. The van der Waals surface area contributed by atoms with Gasteiger partial charge in [0, 0.05) is 12.1 Å². The first-order valence-corrected chi connectivity index (χ1v) is 9.50. The van der Waals surface area contributed by atoms with Gasteiger partial charge in [-0.05, 0) is 48.7 Å². The van der Waals surface area contributed by atoms with Crippen molar-refractivity contribution in [1.29, 1.82) is 0 Å². The largest absolute Gasteiger partial charge is 0.452 e. The van der Waals surface area contributed by atoms with E-state index in [2.05, 4.69) is 15.4 Å². The molecule has 7 nitrogen and oxygen atoms in total. The fourth-order valence-electron chi connectivity index (χ4n) is 2.58. The maximum atomic E-state index is 12.3. The van der Waals surface area contributed by atoms with E-state index in [0.29, 0.717) is 16.8 Å². The number of halogens is 2. The van der Waals surface area contributed by atoms with Crippen LogP contribution in [-0.2, 0) is 14.3 Å². The zero-order valence-electron chi connectivity index (χ0n) is 16.3. The van der Waals surface area contributed by atoms with E-state index in [4.69, 9.17) is 4.74 Å². The van der Waals surface area contributed by atoms with Gasteiger partial charge in [-0.15, -0.1) is 0 Å². The molecule has 0 aliphatic heterocycles. The Bertz CT molecular complexity index is 972. The number of ether oxygens (including phenoxy) is 2. The highest BCUT2D eigenvalue weighted by atomic mass is 19.3. The third kappa shape index (κ3) is 7.22. The minimum atomic E-state index is -2.91. The van der Waals surface area contributed by atoms with Crippen molar-refractivity contribution in [2.75, 3.05) is 11.9 Å². The fraction of sp³-hybridized carbons (Fsp3) is 0.227. The maximum absolute atomic E-state index is 12.3. The minimum absolute atomic E-state index is 0.00232. The van der Waals surface area contributed by atoms with Crippen molar-refractivity contribution in [3.8, 4) is 5.75 Å². The van der Waals surface area contributed by atoms with E-state index in [1.165, 1.54) is 30.3 Å². The summed E-state index contributed by atoms with van der Waals surface area (Å²) in [6, 6.07) is 12.4. The lowest BCUT2D eigenvalue weighted by atomic mass is 10.1. The van der Waals surface area contributed by atoms with Gasteiger partial charge in [0.25, 0.3) is 11.8 Å². The van der Waals surface area contributed by atoms with Crippen molar-refractivity contribution in [2.24, 2.45) is 0 Å². The second kappa shape index (κ2) is 10.3. The van der Waals surface area contributed by atoms with Crippen LogP contribution < -0.4 is 15.4 Å². The molecule has 0 unspecified atom stereocenters. The summed E-state index contributed by atoms with van der Waals surface area (Å²) in [7, 11) is 0. The SMILES string of the molecule is O=C(COC(=O)/C=C/c1ccc(OC(F)F)cc1)Nc1ccccc1C(=O)NC1CC1. The van der Waals surface area contributed by atoms with Crippen molar-refractivity contribution in [3.05, 3.63) is 65.7 Å². The molecule has 9 heteroatoms. The van der Waals surface area contributed by atoms with Crippen LogP contribution in [0.1, 0.15) is 28.8 Å². The number of anilines is 1. The van der Waals surface area contributed by atoms with Gasteiger partial charge < -0.3 is 20.1 Å². The Morgan fingerprint density at radius 3 is 2.45 bits per heavy atom. The first kappa shape index (κ1) is 21.9. The van der Waals surface area contributed by atoms with E-state index in [1.54, 1.807) is 24.3 Å². The van der Waals surface area contributed by atoms with Gasteiger partial charge in [-0.2, -0.15) is 8.78 Å². The molecule has 2 aromatic rings. The summed E-state index contributed by atoms with van der Waals surface area (Å²) in [5.74, 6) is -1.63. The van der Waals surface area contributed by atoms with Gasteiger partial charge in [0.1, 0.15) is 5.75 Å². The Morgan fingerprint density at radius 2 is 1.77 bits per heavy atom. The molecular formula is C22H20F2N2O5. The van der Waals surface area contributed by atoms with Crippen LogP contribution in [-0.4, -0.2) is 37.0 Å². The Morgan fingerprint density at radius 1 is 1.06 bits per heavy atom. The molecule has 0 atom stereocenters. The van der Waals surface area contributed by atoms with E-state index < -0.39 is 25.1 Å². The highest BCUT2D eigenvalue weighted by Gasteiger charge is 2.25. The van der Waals surface area contributed by atoms with Crippen LogP contribution in [0.4, 0.5) is 14.5 Å². The zero-order chi connectivity index (χ0) is 22.2. The number of amides is 2. The molecule has 0 aromatic heterocycles. The Kier molecular flexibility index (Phi) is 7.31. The van der Waals surface area contributed by atoms with Crippen LogP contribution in [0.15, 0.2) is 54.6 Å². The number of rotatable bonds is 9. The fourth-order valence-corrected chi connectivity index (χ4v) is 2.58. The summed E-state index contributed by atoms with van der Waals surface area (Å²) < 4.78 is 33.4. The first-order valence-electron chi connectivity index (χ1n) is 9.50. The van der Waals surface area contributed by atoms with Gasteiger partial charge in [-0.3, -0.25) is 9.59 Å². The van der Waals surface area contributed by atoms with E-state index in [0.717, 1.165) is 18.9 Å². The van der Waals surface area contributed by atoms with Crippen molar-refractivity contribution < 1.29 is 32.6 Å². The van der Waals surface area contributed by atoms with Gasteiger partial charge in [0.05, 0.1) is 11.3 Å². The van der Waals surface area contributed by atoms with Gasteiger partial charge in [0.15, 0.2) is 6.61 Å². The monoisotopic (exact) mass is 430 g/mol. The molecule has 162 valence electrons. The summed E-state index contributed by atoms with van der Waals surface area (Å²) in [5, 5.41) is 5.41. The van der Waals surface area contributed by atoms with Crippen LogP contribution in [0.2, 0.25) is 0 Å². The molecule has 1 saturated carbocycles. The number of esters is 1. The topological polar surface area (TPSA) is 93.7 Å². The summed E-state index contributed by atoms with van der Waals surface area (Å²) in [6.45, 7) is -3.45. The first-order chi connectivity index (χ1) is 14.9. The smallest absolute Gasteiger partial charge is 0.387 e. The highest BCUT2D eigenvalue weighted by Crippen LogP contribution is 2.21. The molecule has 1 aliphatic rings. The van der Waals surface area contributed by atoms with E-state index in [-0.39, 0.29) is 17.7 Å². The minimum Gasteiger partial charge on any atom is -0.452 e. The lowest BCUT2D eigenvalue weighted by molar-refractivity contribution is -0.142. The average molecular weight is 430 g/mol. The van der Waals surface area contributed by atoms with Crippen LogP contribution in [0.5, 0.6) is 5.75 Å². The number of hydrogen-bond donors (Lipinski definition) is 2. The van der Waals surface area contributed by atoms with E-state index >= 15 is 0 Å². The zero-order valence-corrected chi connectivity index (χ0v) is 16.3. The molecule has 0 saturated heterocycles. The van der Waals surface area contributed by atoms with Crippen LogP contribution in [0.3, 0.4) is 0 Å². The molecule has 3 rings (SSSR count). The molecule has 2 amide bonds. The quantitative estimate of drug-likeness (QED) is 0.470. The number of hydrogen-bond acceptors (Lipinski definition) is 5. The Hall–Kier alpha value is -3.75. The highest BCUT2D eigenvalue weighted by molar-refractivity contribution is 6.04. The number of benzene rings is 2. The molecule has 0 bridgehead atoms. The summed E-state index contributed by atoms with van der Waals surface area (Å²) in [5.41, 5.74) is 1.20. The van der Waals surface area contributed by atoms with Crippen molar-refractivity contribution in [3.63, 3.8) is 0 Å². The van der Waals surface area contributed by atoms with Gasteiger partial charge in [0.2, 0.25) is 0 Å². The van der Waals surface area contributed by atoms with Gasteiger partial charge in [-0.1, -0.05) is 24.3 Å². The molecule has 31 heavy (non-hydrogen) atoms. The standard InChI is InChI=1S/C22H20F2N2O5/c23-22(24)31-16-10-5-14(6-11-16)7-12-20(28)30-13-19(27)26-18-4-2-1-3-17(18)21(29)25-15-8-9-15/h1-7,10-12,15,22H,8-9,13H2,(H,25,29)(H,26,27)/b12-7+. The number of para-hydroxylation sites is 1. The lowest BCUT2D eigenvalue weighted by Gasteiger charge is -2.11. The maximum Gasteiger partial charge on any atom is 0.387 e. The van der Waals surface area contributed by atoms with Crippen LogP contribution in [0.25, 0.3) is 6.08 Å². The summed E-state index contributed by atoms with van der Waals surface area (Å²) >= 11 is 0. The third-order valence-electron chi connectivity index (χ3n) is 4.22. The van der Waals surface area contributed by atoms with E-state index in [9.17, 15) is 23.2 Å². The second-order valence-electron chi connectivity index (χ2n) is 6.73. The van der Waals surface area contributed by atoms with Crippen LogP contribution in [0, 0.1) is 0 Å². The molecule has 0 spiro atoms. The third-order valence-corrected chi connectivity index (χ3v) is 4.22. The number of nitrogens with one attached hydrogen (secondary N) is 2. The van der Waals surface area contributed by atoms with E-state index in [1.807, 2.05) is 0 Å². The van der Waals surface area contributed by atoms with Gasteiger partial charge in [-0.25, -0.2) is 4.79 Å². The molecule has 1 fully saturated rings. The number of alkyl halides is 2.